The lowest BCUT2D eigenvalue weighted by molar-refractivity contribution is -0.139. The van der Waals surface area contributed by atoms with Crippen molar-refractivity contribution in [3.8, 4) is 0 Å². The Morgan fingerprint density at radius 2 is 1.90 bits per heavy atom. The predicted octanol–water partition coefficient (Wildman–Crippen LogP) is 1.71. The Bertz CT molecular complexity index is 477. The summed E-state index contributed by atoms with van der Waals surface area (Å²) in [5.41, 5.74) is 2.50. The van der Waals surface area contributed by atoms with E-state index in [0.717, 1.165) is 12.8 Å². The Balaban J connectivity index is 1.86. The maximum absolute atomic E-state index is 11.9. The summed E-state index contributed by atoms with van der Waals surface area (Å²) < 4.78 is 0. The molecule has 1 aromatic carbocycles. The highest BCUT2D eigenvalue weighted by Crippen LogP contribution is 2.21. The SMILES string of the molecule is CCCC(NC(=O)NC1Cc2ccccc2C1)C(=O)O. The van der Waals surface area contributed by atoms with Crippen LogP contribution in [0.5, 0.6) is 0 Å². The van der Waals surface area contributed by atoms with Crippen LogP contribution < -0.4 is 10.6 Å². The molecule has 2 amide bonds. The first-order chi connectivity index (χ1) is 9.60. The van der Waals surface area contributed by atoms with Crippen molar-refractivity contribution in [2.45, 2.75) is 44.7 Å². The lowest BCUT2D eigenvalue weighted by Gasteiger charge is -2.17. The Hall–Kier alpha value is -2.04. The highest BCUT2D eigenvalue weighted by Gasteiger charge is 2.24. The van der Waals surface area contributed by atoms with Gasteiger partial charge in [0, 0.05) is 6.04 Å². The molecule has 5 nitrogen and oxygen atoms in total. The number of carboxylic acids is 1. The van der Waals surface area contributed by atoms with Crippen molar-refractivity contribution in [1.29, 1.82) is 0 Å². The minimum atomic E-state index is -0.989. The largest absolute Gasteiger partial charge is 0.480 e. The number of fused-ring (bicyclic) bond motifs is 1. The van der Waals surface area contributed by atoms with Crippen molar-refractivity contribution in [3.63, 3.8) is 0 Å². The fraction of sp³-hybridized carbons (Fsp3) is 0.467. The molecule has 3 N–H and O–H groups in total. The summed E-state index contributed by atoms with van der Waals surface area (Å²) in [5.74, 6) is -0.989. The third-order valence-corrected chi connectivity index (χ3v) is 3.57. The van der Waals surface area contributed by atoms with Crippen LogP contribution in [-0.2, 0) is 17.6 Å². The van der Waals surface area contributed by atoms with E-state index in [2.05, 4.69) is 22.8 Å². The Morgan fingerprint density at radius 1 is 1.30 bits per heavy atom. The van der Waals surface area contributed by atoms with Crippen LogP contribution in [0.25, 0.3) is 0 Å². The van der Waals surface area contributed by atoms with E-state index < -0.39 is 18.0 Å². The Labute approximate surface area is 118 Å². The minimum absolute atomic E-state index is 0.0449. The molecule has 1 aliphatic carbocycles. The maximum Gasteiger partial charge on any atom is 0.326 e. The van der Waals surface area contributed by atoms with Crippen molar-refractivity contribution >= 4 is 12.0 Å². The molecule has 2 rings (SSSR count). The molecule has 0 heterocycles. The van der Waals surface area contributed by atoms with Crippen molar-refractivity contribution in [2.24, 2.45) is 0 Å². The number of carboxylic acid groups (broad SMARTS) is 1. The van der Waals surface area contributed by atoms with Gasteiger partial charge in [-0.3, -0.25) is 0 Å². The van der Waals surface area contributed by atoms with E-state index in [4.69, 9.17) is 5.11 Å². The highest BCUT2D eigenvalue weighted by atomic mass is 16.4. The topological polar surface area (TPSA) is 78.4 Å². The third-order valence-electron chi connectivity index (χ3n) is 3.57. The second-order valence-corrected chi connectivity index (χ2v) is 5.17. The van der Waals surface area contributed by atoms with E-state index >= 15 is 0 Å². The highest BCUT2D eigenvalue weighted by molar-refractivity contribution is 5.82. The number of urea groups is 1. The molecule has 1 aromatic rings. The summed E-state index contributed by atoms with van der Waals surface area (Å²) in [6.45, 7) is 1.89. The van der Waals surface area contributed by atoms with Gasteiger partial charge in [-0.2, -0.15) is 0 Å². The normalized spacial score (nSPS) is 15.4. The van der Waals surface area contributed by atoms with Gasteiger partial charge in [0.2, 0.25) is 0 Å². The van der Waals surface area contributed by atoms with Gasteiger partial charge in [0.1, 0.15) is 6.04 Å². The van der Waals surface area contributed by atoms with Crippen LogP contribution in [0.2, 0.25) is 0 Å². The summed E-state index contributed by atoms with van der Waals surface area (Å²) >= 11 is 0. The van der Waals surface area contributed by atoms with E-state index in [0.29, 0.717) is 12.8 Å². The molecule has 5 heteroatoms. The van der Waals surface area contributed by atoms with E-state index in [-0.39, 0.29) is 6.04 Å². The van der Waals surface area contributed by atoms with Crippen LogP contribution in [0, 0.1) is 0 Å². The van der Waals surface area contributed by atoms with Gasteiger partial charge < -0.3 is 15.7 Å². The summed E-state index contributed by atoms with van der Waals surface area (Å²) in [4.78, 5) is 22.9. The first kappa shape index (κ1) is 14.4. The smallest absolute Gasteiger partial charge is 0.326 e. The Kier molecular flexibility index (Phi) is 4.61. The van der Waals surface area contributed by atoms with Crippen molar-refractivity contribution in [3.05, 3.63) is 35.4 Å². The molecule has 0 bridgehead atoms. The average Bonchev–Trinajstić information content (AvgIpc) is 2.79. The first-order valence-corrected chi connectivity index (χ1v) is 6.96. The molecular weight excluding hydrogens is 256 g/mol. The average molecular weight is 276 g/mol. The standard InChI is InChI=1S/C15H20N2O3/c1-2-5-13(14(18)19)17-15(20)16-12-8-10-6-3-4-7-11(10)9-12/h3-4,6-7,12-13H,2,5,8-9H2,1H3,(H,18,19)(H2,16,17,20). The fourth-order valence-electron chi connectivity index (χ4n) is 2.59. The zero-order chi connectivity index (χ0) is 14.5. The molecule has 0 aliphatic heterocycles. The van der Waals surface area contributed by atoms with E-state index in [9.17, 15) is 9.59 Å². The molecule has 1 aliphatic rings. The lowest BCUT2D eigenvalue weighted by Crippen LogP contribution is -2.49. The second kappa shape index (κ2) is 6.41. The number of carbonyl (C=O) groups excluding carboxylic acids is 1. The second-order valence-electron chi connectivity index (χ2n) is 5.17. The first-order valence-electron chi connectivity index (χ1n) is 6.96. The number of benzene rings is 1. The number of aliphatic carboxylic acids is 1. The summed E-state index contributed by atoms with van der Waals surface area (Å²) in [6, 6.07) is 6.93. The molecule has 0 saturated carbocycles. The molecule has 0 aromatic heterocycles. The van der Waals surface area contributed by atoms with Gasteiger partial charge in [-0.15, -0.1) is 0 Å². The van der Waals surface area contributed by atoms with Crippen molar-refractivity contribution in [2.75, 3.05) is 0 Å². The molecule has 1 atom stereocenters. The van der Waals surface area contributed by atoms with Crippen molar-refractivity contribution in [1.82, 2.24) is 10.6 Å². The number of rotatable bonds is 5. The van der Waals surface area contributed by atoms with Crippen LogP contribution >= 0.6 is 0 Å². The molecule has 20 heavy (non-hydrogen) atoms. The van der Waals surface area contributed by atoms with Crippen LogP contribution in [0.15, 0.2) is 24.3 Å². The fourth-order valence-corrected chi connectivity index (χ4v) is 2.59. The van der Waals surface area contributed by atoms with Crippen LogP contribution in [0.1, 0.15) is 30.9 Å². The van der Waals surface area contributed by atoms with Gasteiger partial charge >= 0.3 is 12.0 Å². The lowest BCUT2D eigenvalue weighted by atomic mass is 10.1. The maximum atomic E-state index is 11.9. The number of hydrogen-bond donors (Lipinski definition) is 3. The van der Waals surface area contributed by atoms with Gasteiger partial charge in [-0.25, -0.2) is 9.59 Å². The van der Waals surface area contributed by atoms with E-state index in [1.165, 1.54) is 11.1 Å². The summed E-state index contributed by atoms with van der Waals surface area (Å²) in [5, 5.41) is 14.4. The van der Waals surface area contributed by atoms with Crippen molar-refractivity contribution < 1.29 is 14.7 Å². The Morgan fingerprint density at radius 3 is 2.40 bits per heavy atom. The van der Waals surface area contributed by atoms with Gasteiger partial charge in [-0.1, -0.05) is 37.6 Å². The van der Waals surface area contributed by atoms with Gasteiger partial charge in [0.05, 0.1) is 0 Å². The van der Waals surface area contributed by atoms with Crippen LogP contribution in [0.4, 0.5) is 4.79 Å². The van der Waals surface area contributed by atoms with Crippen LogP contribution in [-0.4, -0.2) is 29.2 Å². The minimum Gasteiger partial charge on any atom is -0.480 e. The summed E-state index contributed by atoms with van der Waals surface area (Å²) in [7, 11) is 0. The monoisotopic (exact) mass is 276 g/mol. The molecule has 0 saturated heterocycles. The van der Waals surface area contributed by atoms with E-state index in [1.807, 2.05) is 19.1 Å². The quantitative estimate of drug-likeness (QED) is 0.766. The zero-order valence-corrected chi connectivity index (χ0v) is 11.6. The zero-order valence-electron chi connectivity index (χ0n) is 11.6. The molecule has 0 radical (unpaired) electrons. The van der Waals surface area contributed by atoms with E-state index in [1.54, 1.807) is 0 Å². The molecule has 1 unspecified atom stereocenters. The molecular formula is C15H20N2O3. The number of carbonyl (C=O) groups is 2. The molecule has 108 valence electrons. The van der Waals surface area contributed by atoms with Gasteiger partial charge in [0.25, 0.3) is 0 Å². The predicted molar refractivity (Wildman–Crippen MR) is 75.6 cm³/mol. The third kappa shape index (κ3) is 3.50. The number of nitrogens with one attached hydrogen (secondary N) is 2. The summed E-state index contributed by atoms with van der Waals surface area (Å²) in [6.07, 6.45) is 2.75. The molecule has 0 fully saturated rings. The molecule has 0 spiro atoms. The van der Waals surface area contributed by atoms with Gasteiger partial charge in [-0.05, 0) is 30.4 Å². The van der Waals surface area contributed by atoms with Crippen LogP contribution in [0.3, 0.4) is 0 Å². The number of amides is 2. The van der Waals surface area contributed by atoms with Gasteiger partial charge in [0.15, 0.2) is 0 Å². The number of hydrogen-bond acceptors (Lipinski definition) is 2.